The van der Waals surface area contributed by atoms with Crippen LogP contribution in [0.4, 0.5) is 0 Å². The van der Waals surface area contributed by atoms with Gasteiger partial charge in [0.1, 0.15) is 48.2 Å². The van der Waals surface area contributed by atoms with Gasteiger partial charge in [-0.3, -0.25) is 24.1 Å². The van der Waals surface area contributed by atoms with Crippen LogP contribution in [0.1, 0.15) is 230 Å². The number of methoxy groups -OCH3 is 2. The molecular formula is C79H144N2O22. The highest BCUT2D eigenvalue weighted by atomic mass is 16.7. The molecule has 24 heteroatoms. The number of ether oxygens (including phenoxy) is 12. The molecular weight excluding hydrogens is 1330 g/mol. The molecule has 0 amide bonds. The van der Waals surface area contributed by atoms with Crippen molar-refractivity contribution in [3.05, 3.63) is 0 Å². The maximum Gasteiger partial charge on any atom is 0.311 e. The van der Waals surface area contributed by atoms with Crippen molar-refractivity contribution in [1.82, 2.24) is 9.80 Å². The first-order valence-corrected chi connectivity index (χ1v) is 39.1. The van der Waals surface area contributed by atoms with Crippen LogP contribution in [-0.4, -0.2) is 250 Å². The van der Waals surface area contributed by atoms with E-state index in [9.17, 15) is 49.8 Å². The Balaban J connectivity index is 0.000000371. The third-order valence-corrected chi connectivity index (χ3v) is 24.3. The molecule has 0 spiro atoms. The summed E-state index contributed by atoms with van der Waals surface area (Å²) in [4.78, 5) is 60.0. The smallest absolute Gasteiger partial charge is 0.311 e. The minimum atomic E-state index is -1.64. The number of likely N-dealkylation sites (N-methyl/N-ethyl adjacent to an activating group) is 2. The number of Topliss-reactive ketones (excluding diaryl/α,β-unsaturated/α-hetero) is 2. The van der Waals surface area contributed by atoms with Gasteiger partial charge < -0.3 is 92.4 Å². The monoisotopic (exact) mass is 1470 g/mol. The molecule has 6 fully saturated rings. The van der Waals surface area contributed by atoms with Gasteiger partial charge in [0.05, 0.1) is 83.1 Å². The molecule has 0 unspecified atom stereocenters. The van der Waals surface area contributed by atoms with Gasteiger partial charge in [-0.2, -0.15) is 0 Å². The fourth-order valence-electron chi connectivity index (χ4n) is 17.7. The highest BCUT2D eigenvalue weighted by molar-refractivity contribution is 5.83. The van der Waals surface area contributed by atoms with E-state index in [-0.39, 0.29) is 91.3 Å². The van der Waals surface area contributed by atoms with Crippen molar-refractivity contribution in [1.29, 1.82) is 0 Å². The molecule has 0 aromatic heterocycles. The molecule has 602 valence electrons. The number of cyclic esters (lactones) is 2. The van der Waals surface area contributed by atoms with E-state index in [0.717, 1.165) is 6.54 Å². The summed E-state index contributed by atoms with van der Waals surface area (Å²) >= 11 is 0. The Labute approximate surface area is 618 Å². The average Bonchev–Trinajstić information content (AvgIpc) is 0.783. The zero-order chi connectivity index (χ0) is 78.2. The maximum atomic E-state index is 14.1. The molecule has 6 aliphatic rings. The van der Waals surface area contributed by atoms with Crippen molar-refractivity contribution in [3.63, 3.8) is 0 Å². The van der Waals surface area contributed by atoms with Crippen molar-refractivity contribution < 1.29 is 107 Å². The summed E-state index contributed by atoms with van der Waals surface area (Å²) in [6.07, 6.45) is -10.7. The second kappa shape index (κ2) is 38.5. The Morgan fingerprint density at radius 2 is 0.845 bits per heavy atom. The van der Waals surface area contributed by atoms with Crippen LogP contribution in [0, 0.1) is 65.1 Å². The van der Waals surface area contributed by atoms with E-state index in [4.69, 9.17) is 56.8 Å². The molecule has 6 heterocycles. The fourth-order valence-corrected chi connectivity index (χ4v) is 17.7. The van der Waals surface area contributed by atoms with Crippen LogP contribution >= 0.6 is 0 Å². The normalized spacial score (nSPS) is 46.6. The van der Waals surface area contributed by atoms with Gasteiger partial charge in [0.15, 0.2) is 25.2 Å². The Bertz CT molecular complexity index is 2630. The number of esters is 2. The summed E-state index contributed by atoms with van der Waals surface area (Å²) in [6.45, 7) is 45.9. The van der Waals surface area contributed by atoms with Crippen molar-refractivity contribution in [2.75, 3.05) is 34.9 Å². The number of aliphatic hydroxyl groups is 6. The van der Waals surface area contributed by atoms with Crippen LogP contribution in [0.25, 0.3) is 0 Å². The molecule has 24 nitrogen and oxygen atoms in total. The van der Waals surface area contributed by atoms with Crippen LogP contribution in [0.3, 0.4) is 0 Å². The van der Waals surface area contributed by atoms with Gasteiger partial charge in [0, 0.05) is 87.2 Å². The molecule has 0 bridgehead atoms. The largest absolute Gasteiger partial charge is 0.462 e. The van der Waals surface area contributed by atoms with Crippen LogP contribution in [0.15, 0.2) is 0 Å². The van der Waals surface area contributed by atoms with Crippen molar-refractivity contribution >= 4 is 23.5 Å². The molecule has 6 N–H and O–H groups in total. The first-order chi connectivity index (χ1) is 47.6. The number of carbonyl (C=O) groups excluding carboxylic acids is 4. The summed E-state index contributed by atoms with van der Waals surface area (Å²) in [5, 5.41) is 70.3. The highest BCUT2D eigenvalue weighted by Gasteiger charge is 2.55. The van der Waals surface area contributed by atoms with Gasteiger partial charge >= 0.3 is 11.9 Å². The Hall–Kier alpha value is -2.44. The number of nitrogens with zero attached hydrogens (tertiary/aromatic N) is 2. The molecule has 0 radical (unpaired) electrons. The predicted octanol–water partition coefficient (Wildman–Crippen LogP) is 9.20. The molecule has 34 atom stereocenters. The lowest BCUT2D eigenvalue weighted by Crippen LogP contribution is -2.61. The minimum absolute atomic E-state index is 0.0103. The van der Waals surface area contributed by atoms with Gasteiger partial charge in [0.2, 0.25) is 0 Å². The third kappa shape index (κ3) is 22.9. The molecule has 0 saturated carbocycles. The van der Waals surface area contributed by atoms with Crippen LogP contribution in [0.2, 0.25) is 0 Å². The summed E-state index contributed by atoms with van der Waals surface area (Å²) in [6, 6.07) is -0.391. The van der Waals surface area contributed by atoms with Gasteiger partial charge in [-0.1, -0.05) is 83.1 Å². The van der Waals surface area contributed by atoms with E-state index in [0.29, 0.717) is 44.4 Å². The van der Waals surface area contributed by atoms with Gasteiger partial charge in [-0.15, -0.1) is 0 Å². The zero-order valence-electron chi connectivity index (χ0n) is 68.4. The molecule has 0 aliphatic carbocycles. The Morgan fingerprint density at radius 3 is 1.17 bits per heavy atom. The predicted molar refractivity (Wildman–Crippen MR) is 390 cm³/mol. The first kappa shape index (κ1) is 91.2. The lowest BCUT2D eigenvalue weighted by Gasteiger charge is -2.49. The number of rotatable bonds is 17. The van der Waals surface area contributed by atoms with Crippen molar-refractivity contribution in [3.8, 4) is 0 Å². The molecule has 0 aromatic rings. The van der Waals surface area contributed by atoms with Crippen molar-refractivity contribution in [2.24, 2.45) is 65.1 Å². The van der Waals surface area contributed by atoms with E-state index >= 15 is 0 Å². The van der Waals surface area contributed by atoms with Gasteiger partial charge in [0.25, 0.3) is 0 Å². The average molecular weight is 1470 g/mol. The highest BCUT2D eigenvalue weighted by Crippen LogP contribution is 2.44. The Morgan fingerprint density at radius 1 is 0.495 bits per heavy atom. The third-order valence-electron chi connectivity index (χ3n) is 24.3. The molecule has 6 saturated heterocycles. The second-order valence-electron chi connectivity index (χ2n) is 34.5. The zero-order valence-corrected chi connectivity index (χ0v) is 68.4. The van der Waals surface area contributed by atoms with Gasteiger partial charge in [-0.05, 0) is 166 Å². The number of aliphatic hydroxyl groups excluding tert-OH is 4. The summed E-state index contributed by atoms with van der Waals surface area (Å²) in [5.74, 6) is -5.56. The lowest BCUT2D eigenvalue weighted by molar-refractivity contribution is -0.318. The first-order valence-electron chi connectivity index (χ1n) is 39.1. The molecule has 103 heavy (non-hydrogen) atoms. The van der Waals surface area contributed by atoms with Crippen LogP contribution in [-0.2, 0) is 76.0 Å². The topological polar surface area (TPSA) is 307 Å². The Kier molecular flexibility index (Phi) is 34.1. The lowest BCUT2D eigenvalue weighted by atomic mass is 9.75. The second-order valence-corrected chi connectivity index (χ2v) is 34.5. The summed E-state index contributed by atoms with van der Waals surface area (Å²) < 4.78 is 75.6. The molecule has 0 aromatic carbocycles. The number of ketones is 2. The van der Waals surface area contributed by atoms with E-state index in [1.165, 1.54) is 14.2 Å². The van der Waals surface area contributed by atoms with Crippen molar-refractivity contribution in [2.45, 2.75) is 382 Å². The van der Waals surface area contributed by atoms with E-state index < -0.39 is 168 Å². The number of hydrogen-bond donors (Lipinski definition) is 6. The van der Waals surface area contributed by atoms with E-state index in [1.807, 2.05) is 97.2 Å². The number of hydrogen-bond acceptors (Lipinski definition) is 24. The van der Waals surface area contributed by atoms with E-state index in [2.05, 4.69) is 37.5 Å². The number of carbonyl (C=O) groups is 4. The minimum Gasteiger partial charge on any atom is -0.462 e. The quantitative estimate of drug-likeness (QED) is 0.0739. The van der Waals surface area contributed by atoms with Gasteiger partial charge in [-0.25, -0.2) is 0 Å². The summed E-state index contributed by atoms with van der Waals surface area (Å²) in [5.41, 5.74) is -5.24. The van der Waals surface area contributed by atoms with Crippen LogP contribution < -0.4 is 0 Å². The molecule has 6 aliphatic heterocycles. The maximum absolute atomic E-state index is 14.1. The fraction of sp³-hybridized carbons (Fsp3) is 0.949. The molecule has 6 rings (SSSR count). The SMILES string of the molecule is CC[C@H]1OC(=O)[C@H](C)[C@@H](O[C@H]2C[C@@](C)(OC)[C@@H](O)[C@H](C)O2)[C@H](C)[C@@H](O[C@@H]2O[C@H](C)C[C@H](N(C)C(C)C)[C@H]2O)[C@](C)(O)C[C@@H](C)C(=O)[C@H](C)C[C@H]1C.CC[C@H]1OC(=O)[C@H](C)[C@@H](O[C@H]2C[C@@](C)(OC)[C@@H](O)[C@H](C)O2)[C@H](C)[C@@H](O[C@@H]2O[C@H](C)C[C@H](N(C)CC(C)C)[C@H]2O)[C@](C)(O)C[C@@H](C)C(=O)[C@H](C)C[C@H]1C. The standard InChI is InChI=1S/C40H73NO11.C39H71NO11/c1-15-30-22(4)16-23(5)32(42)24(6)18-39(11,46)36(52-38-33(43)29(17-25(7)48-38)41(13)20-21(2)3)26(8)34(27(9)37(45)50-30)51-31-19-40(12,47-14)35(44)28(10)49-31;1-15-29-21(4)16-22(5)31(41)23(6)18-38(11,45)35(51-37-32(42)28(17-24(7)47-37)40(13)20(2)3)25(8)33(26(9)36(44)49-29)50-30-19-39(12,46-14)34(43)27(10)48-30/h21-31,33-36,38,43-44,46H,15-20H2,1-14H3;20-30,32-35,37,42-43,45H,15-19H2,1-14H3/t22-,23-,24-,25-,26+,27-,28+,29+,30-,31+,33-,34+,35+,36-,38+,39-,40-;21-,22-,23-,24-,25+,26-,27+,28+,29-,30+,32-,33+,34+,35-,37+,38-,39-/m11/s1. The van der Waals surface area contributed by atoms with E-state index in [1.54, 1.807) is 55.4 Å². The summed E-state index contributed by atoms with van der Waals surface area (Å²) in [7, 11) is 7.00. The van der Waals surface area contributed by atoms with Crippen LogP contribution in [0.5, 0.6) is 0 Å².